The summed E-state index contributed by atoms with van der Waals surface area (Å²) in [5, 5.41) is 11.4. The fourth-order valence-electron chi connectivity index (χ4n) is 1.37. The van der Waals surface area contributed by atoms with Crippen LogP contribution in [-0.2, 0) is 0 Å². The molecule has 0 radical (unpaired) electrons. The third-order valence-corrected chi connectivity index (χ3v) is 2.01. The van der Waals surface area contributed by atoms with Crippen LogP contribution in [0.2, 0.25) is 0 Å². The lowest BCUT2D eigenvalue weighted by Crippen LogP contribution is -1.77. The Kier molecular flexibility index (Phi) is 1.68. The molecule has 0 saturated heterocycles. The summed E-state index contributed by atoms with van der Waals surface area (Å²) in [7, 11) is 0. The molecule has 0 aliphatic carbocycles. The highest BCUT2D eigenvalue weighted by Gasteiger charge is 1.99. The SMILES string of the molecule is C#Cc1cc(O)c2ccccc2c1. The normalized spacial score (nSPS) is 9.77. The lowest BCUT2D eigenvalue weighted by molar-refractivity contribution is 0.481. The first kappa shape index (κ1) is 7.70. The van der Waals surface area contributed by atoms with Crippen molar-refractivity contribution in [3.05, 3.63) is 42.0 Å². The average molecular weight is 168 g/mol. The summed E-state index contributed by atoms with van der Waals surface area (Å²) in [6.45, 7) is 0. The van der Waals surface area contributed by atoms with Gasteiger partial charge in [0.15, 0.2) is 0 Å². The summed E-state index contributed by atoms with van der Waals surface area (Å²) in [5.74, 6) is 2.74. The molecule has 0 heterocycles. The van der Waals surface area contributed by atoms with Gasteiger partial charge < -0.3 is 5.11 Å². The third-order valence-electron chi connectivity index (χ3n) is 2.01. The molecule has 1 heteroatoms. The van der Waals surface area contributed by atoms with Crippen LogP contribution in [0.25, 0.3) is 10.8 Å². The molecule has 2 aromatic rings. The summed E-state index contributed by atoms with van der Waals surface area (Å²) < 4.78 is 0. The molecule has 0 bridgehead atoms. The molecule has 1 N–H and O–H groups in total. The van der Waals surface area contributed by atoms with Crippen molar-refractivity contribution >= 4 is 10.8 Å². The lowest BCUT2D eigenvalue weighted by atomic mass is 10.1. The standard InChI is InChI=1S/C12H8O/c1-2-9-7-10-5-3-4-6-11(10)12(13)8-9/h1,3-8,13H. The Hall–Kier alpha value is -1.94. The van der Waals surface area contributed by atoms with E-state index in [-0.39, 0.29) is 5.75 Å². The molecule has 2 rings (SSSR count). The minimum atomic E-state index is 0.242. The maximum Gasteiger partial charge on any atom is 0.124 e. The van der Waals surface area contributed by atoms with Gasteiger partial charge in [0.25, 0.3) is 0 Å². The maximum atomic E-state index is 9.59. The van der Waals surface area contributed by atoms with Crippen LogP contribution < -0.4 is 0 Å². The van der Waals surface area contributed by atoms with Crippen molar-refractivity contribution in [2.75, 3.05) is 0 Å². The summed E-state index contributed by atoms with van der Waals surface area (Å²) in [6.07, 6.45) is 5.25. The predicted octanol–water partition coefficient (Wildman–Crippen LogP) is 2.53. The first-order valence-electron chi connectivity index (χ1n) is 3.99. The zero-order chi connectivity index (χ0) is 9.26. The highest BCUT2D eigenvalue weighted by Crippen LogP contribution is 2.25. The molecule has 0 aromatic heterocycles. The number of benzene rings is 2. The van der Waals surface area contributed by atoms with Crippen molar-refractivity contribution < 1.29 is 5.11 Å². The van der Waals surface area contributed by atoms with Gasteiger partial charge in [0, 0.05) is 10.9 Å². The minimum Gasteiger partial charge on any atom is -0.507 e. The molecular weight excluding hydrogens is 160 g/mol. The molecule has 0 unspecified atom stereocenters. The fourth-order valence-corrected chi connectivity index (χ4v) is 1.37. The van der Waals surface area contributed by atoms with Gasteiger partial charge in [-0.3, -0.25) is 0 Å². The van der Waals surface area contributed by atoms with Crippen molar-refractivity contribution in [3.63, 3.8) is 0 Å². The molecule has 13 heavy (non-hydrogen) atoms. The van der Waals surface area contributed by atoms with Crippen molar-refractivity contribution in [3.8, 4) is 18.1 Å². The Morgan fingerprint density at radius 2 is 1.92 bits per heavy atom. The topological polar surface area (TPSA) is 20.2 Å². The summed E-state index contributed by atoms with van der Waals surface area (Å²) in [4.78, 5) is 0. The zero-order valence-electron chi connectivity index (χ0n) is 6.99. The van der Waals surface area contributed by atoms with Crippen molar-refractivity contribution in [2.45, 2.75) is 0 Å². The fraction of sp³-hybridized carbons (Fsp3) is 0. The number of aromatic hydroxyl groups is 1. The molecule has 62 valence electrons. The Balaban J connectivity index is 2.86. The summed E-state index contributed by atoms with van der Waals surface area (Å²) >= 11 is 0. The molecule has 0 spiro atoms. The third kappa shape index (κ3) is 1.23. The molecule has 0 atom stereocenters. The van der Waals surface area contributed by atoms with Gasteiger partial charge in [-0.1, -0.05) is 30.2 Å². The molecular formula is C12H8O. The lowest BCUT2D eigenvalue weighted by Gasteiger charge is -2.01. The molecule has 0 saturated carbocycles. The number of hydrogen-bond acceptors (Lipinski definition) is 1. The van der Waals surface area contributed by atoms with Crippen LogP contribution >= 0.6 is 0 Å². The van der Waals surface area contributed by atoms with Gasteiger partial charge in [0.1, 0.15) is 5.75 Å². The van der Waals surface area contributed by atoms with Crippen LogP contribution in [0.15, 0.2) is 36.4 Å². The van der Waals surface area contributed by atoms with Crippen LogP contribution in [0, 0.1) is 12.3 Å². The Bertz CT molecular complexity index is 492. The first-order chi connectivity index (χ1) is 6.31. The number of phenolic OH excluding ortho intramolecular Hbond substituents is 1. The second-order valence-electron chi connectivity index (χ2n) is 2.86. The van der Waals surface area contributed by atoms with Crippen LogP contribution in [0.1, 0.15) is 5.56 Å². The summed E-state index contributed by atoms with van der Waals surface area (Å²) in [6, 6.07) is 11.1. The van der Waals surface area contributed by atoms with Crippen molar-refractivity contribution in [1.82, 2.24) is 0 Å². The van der Waals surface area contributed by atoms with E-state index in [1.54, 1.807) is 6.07 Å². The van der Waals surface area contributed by atoms with Crippen molar-refractivity contribution in [2.24, 2.45) is 0 Å². The highest BCUT2D eigenvalue weighted by atomic mass is 16.3. The van der Waals surface area contributed by atoms with E-state index in [0.717, 1.165) is 10.8 Å². The predicted molar refractivity (Wildman–Crippen MR) is 53.5 cm³/mol. The number of rotatable bonds is 0. The van der Waals surface area contributed by atoms with E-state index < -0.39 is 0 Å². The van der Waals surface area contributed by atoms with E-state index in [1.165, 1.54) is 0 Å². The van der Waals surface area contributed by atoms with Gasteiger partial charge in [0.05, 0.1) is 0 Å². The second kappa shape index (κ2) is 2.84. The van der Waals surface area contributed by atoms with Crippen LogP contribution in [0.5, 0.6) is 5.75 Å². The van der Waals surface area contributed by atoms with E-state index in [0.29, 0.717) is 5.56 Å². The van der Waals surface area contributed by atoms with Gasteiger partial charge >= 0.3 is 0 Å². The number of hydrogen-bond donors (Lipinski definition) is 1. The van der Waals surface area contributed by atoms with E-state index in [4.69, 9.17) is 6.42 Å². The van der Waals surface area contributed by atoms with Crippen LogP contribution in [0.3, 0.4) is 0 Å². The van der Waals surface area contributed by atoms with Crippen LogP contribution in [-0.4, -0.2) is 5.11 Å². The second-order valence-corrected chi connectivity index (χ2v) is 2.86. The van der Waals surface area contributed by atoms with E-state index in [2.05, 4.69) is 5.92 Å². The first-order valence-corrected chi connectivity index (χ1v) is 3.99. The quantitative estimate of drug-likeness (QED) is 0.599. The van der Waals surface area contributed by atoms with Gasteiger partial charge in [-0.25, -0.2) is 0 Å². The molecule has 0 amide bonds. The Morgan fingerprint density at radius 1 is 1.15 bits per heavy atom. The Morgan fingerprint density at radius 3 is 2.69 bits per heavy atom. The van der Waals surface area contributed by atoms with Crippen LogP contribution in [0.4, 0.5) is 0 Å². The molecule has 0 aliphatic heterocycles. The maximum absolute atomic E-state index is 9.59. The zero-order valence-corrected chi connectivity index (χ0v) is 6.99. The highest BCUT2D eigenvalue weighted by molar-refractivity contribution is 5.89. The summed E-state index contributed by atoms with van der Waals surface area (Å²) in [5.41, 5.74) is 0.705. The van der Waals surface area contributed by atoms with E-state index >= 15 is 0 Å². The average Bonchev–Trinajstić information content (AvgIpc) is 2.18. The molecule has 2 aromatic carbocycles. The minimum absolute atomic E-state index is 0.242. The largest absolute Gasteiger partial charge is 0.507 e. The van der Waals surface area contributed by atoms with Gasteiger partial charge in [-0.15, -0.1) is 6.42 Å². The van der Waals surface area contributed by atoms with E-state index in [1.807, 2.05) is 30.3 Å². The van der Waals surface area contributed by atoms with Crippen molar-refractivity contribution in [1.29, 1.82) is 0 Å². The van der Waals surface area contributed by atoms with E-state index in [9.17, 15) is 5.11 Å². The smallest absolute Gasteiger partial charge is 0.124 e. The molecule has 0 fully saturated rings. The molecule has 1 nitrogen and oxygen atoms in total. The number of phenols is 1. The van der Waals surface area contributed by atoms with Gasteiger partial charge in [0.2, 0.25) is 0 Å². The number of fused-ring (bicyclic) bond motifs is 1. The Labute approximate surface area is 76.6 Å². The van der Waals surface area contributed by atoms with Gasteiger partial charge in [-0.2, -0.15) is 0 Å². The van der Waals surface area contributed by atoms with Gasteiger partial charge in [-0.05, 0) is 17.5 Å². The monoisotopic (exact) mass is 168 g/mol. The molecule has 0 aliphatic rings. The number of terminal acetylenes is 1.